The van der Waals surface area contributed by atoms with Gasteiger partial charge in [-0.1, -0.05) is 6.07 Å². The lowest BCUT2D eigenvalue weighted by atomic mass is 10.1. The number of nitrogens with zero attached hydrogens (tertiary/aromatic N) is 2. The zero-order valence-corrected chi connectivity index (χ0v) is 10.3. The van der Waals surface area contributed by atoms with Crippen molar-refractivity contribution in [2.75, 3.05) is 19.7 Å². The van der Waals surface area contributed by atoms with Crippen LogP contribution < -0.4 is 0 Å². The van der Waals surface area contributed by atoms with Crippen molar-refractivity contribution in [3.63, 3.8) is 0 Å². The lowest BCUT2D eigenvalue weighted by molar-refractivity contribution is -0.145. The Bertz CT molecular complexity index is 375. The highest BCUT2D eigenvalue weighted by atomic mass is 16.5. The van der Waals surface area contributed by atoms with Gasteiger partial charge in [0.15, 0.2) is 0 Å². The third kappa shape index (κ3) is 4.09. The van der Waals surface area contributed by atoms with Crippen LogP contribution in [0.1, 0.15) is 18.5 Å². The number of likely N-dealkylation sites (tertiary alicyclic amines) is 1. The van der Waals surface area contributed by atoms with Gasteiger partial charge in [0.2, 0.25) is 0 Å². The van der Waals surface area contributed by atoms with E-state index in [9.17, 15) is 4.79 Å². The number of carboxylic acid groups (broad SMARTS) is 1. The summed E-state index contributed by atoms with van der Waals surface area (Å²) >= 11 is 0. The Labute approximate surface area is 106 Å². The topological polar surface area (TPSA) is 62.7 Å². The van der Waals surface area contributed by atoms with Crippen LogP contribution in [0.25, 0.3) is 0 Å². The molecule has 18 heavy (non-hydrogen) atoms. The summed E-state index contributed by atoms with van der Waals surface area (Å²) in [7, 11) is 0. The van der Waals surface area contributed by atoms with Crippen molar-refractivity contribution >= 4 is 5.97 Å². The summed E-state index contributed by atoms with van der Waals surface area (Å²) in [5, 5.41) is 8.55. The molecule has 0 saturated carbocycles. The van der Waals surface area contributed by atoms with E-state index in [0.29, 0.717) is 0 Å². The molecule has 5 nitrogen and oxygen atoms in total. The second-order valence-corrected chi connectivity index (χ2v) is 4.50. The van der Waals surface area contributed by atoms with E-state index in [-0.39, 0.29) is 12.7 Å². The van der Waals surface area contributed by atoms with E-state index >= 15 is 0 Å². The average molecular weight is 250 g/mol. The van der Waals surface area contributed by atoms with Crippen LogP contribution in [0.4, 0.5) is 0 Å². The zero-order chi connectivity index (χ0) is 12.8. The molecule has 1 aliphatic heterocycles. The normalized spacial score (nSPS) is 17.8. The third-order valence-corrected chi connectivity index (χ3v) is 3.09. The highest BCUT2D eigenvalue weighted by molar-refractivity contribution is 5.68. The van der Waals surface area contributed by atoms with Gasteiger partial charge in [0.25, 0.3) is 0 Å². The standard InChI is InChI=1S/C13H18N2O3/c16-13(17)10-18-12-4-7-15(8-5-12)9-11-3-1-2-6-14-11/h1-3,6,12H,4-5,7-10H2,(H,16,17). The van der Waals surface area contributed by atoms with Crippen LogP contribution in [-0.2, 0) is 16.1 Å². The van der Waals surface area contributed by atoms with E-state index in [1.165, 1.54) is 0 Å². The maximum absolute atomic E-state index is 10.4. The molecule has 0 unspecified atom stereocenters. The Balaban J connectivity index is 1.72. The number of carbonyl (C=O) groups is 1. The van der Waals surface area contributed by atoms with E-state index in [1.54, 1.807) is 6.20 Å². The highest BCUT2D eigenvalue weighted by Crippen LogP contribution is 2.15. The molecule has 0 aliphatic carbocycles. The molecule has 1 aromatic rings. The average Bonchev–Trinajstić information content (AvgIpc) is 2.39. The summed E-state index contributed by atoms with van der Waals surface area (Å²) < 4.78 is 5.30. The second kappa shape index (κ2) is 6.47. The minimum Gasteiger partial charge on any atom is -0.480 e. The molecule has 1 aromatic heterocycles. The number of rotatable bonds is 5. The summed E-state index contributed by atoms with van der Waals surface area (Å²) in [6, 6.07) is 5.92. The largest absolute Gasteiger partial charge is 0.480 e. The molecule has 0 radical (unpaired) electrons. The molecular weight excluding hydrogens is 232 g/mol. The van der Waals surface area contributed by atoms with Crippen LogP contribution in [0.15, 0.2) is 24.4 Å². The van der Waals surface area contributed by atoms with Gasteiger partial charge in [-0.25, -0.2) is 4.79 Å². The first kappa shape index (κ1) is 13.0. The molecule has 1 saturated heterocycles. The maximum atomic E-state index is 10.4. The maximum Gasteiger partial charge on any atom is 0.329 e. The molecule has 0 bridgehead atoms. The summed E-state index contributed by atoms with van der Waals surface area (Å²) in [5.74, 6) is -0.897. The van der Waals surface area contributed by atoms with E-state index in [2.05, 4.69) is 9.88 Å². The molecule has 2 heterocycles. The number of aromatic nitrogens is 1. The van der Waals surface area contributed by atoms with Crippen LogP contribution in [0.5, 0.6) is 0 Å². The van der Waals surface area contributed by atoms with Gasteiger partial charge in [-0.3, -0.25) is 9.88 Å². The lowest BCUT2D eigenvalue weighted by Gasteiger charge is -2.31. The Morgan fingerprint density at radius 2 is 2.22 bits per heavy atom. The molecular formula is C13H18N2O3. The predicted octanol–water partition coefficient (Wildman–Crippen LogP) is 1.15. The van der Waals surface area contributed by atoms with Crippen LogP contribution in [0, 0.1) is 0 Å². The number of ether oxygens (including phenoxy) is 1. The smallest absolute Gasteiger partial charge is 0.329 e. The summed E-state index contributed by atoms with van der Waals surface area (Å²) in [4.78, 5) is 17.0. The van der Waals surface area contributed by atoms with Gasteiger partial charge in [-0.15, -0.1) is 0 Å². The fourth-order valence-electron chi connectivity index (χ4n) is 2.14. The molecule has 0 aromatic carbocycles. The highest BCUT2D eigenvalue weighted by Gasteiger charge is 2.20. The molecule has 1 aliphatic rings. The van der Waals surface area contributed by atoms with E-state index in [1.807, 2.05) is 18.2 Å². The van der Waals surface area contributed by atoms with Crippen LogP contribution >= 0.6 is 0 Å². The Morgan fingerprint density at radius 1 is 1.44 bits per heavy atom. The van der Waals surface area contributed by atoms with E-state index in [4.69, 9.17) is 9.84 Å². The molecule has 0 atom stereocenters. The first-order valence-corrected chi connectivity index (χ1v) is 6.19. The molecule has 5 heteroatoms. The van der Waals surface area contributed by atoms with Crippen molar-refractivity contribution < 1.29 is 14.6 Å². The number of hydrogen-bond donors (Lipinski definition) is 1. The van der Waals surface area contributed by atoms with Crippen molar-refractivity contribution in [1.82, 2.24) is 9.88 Å². The van der Waals surface area contributed by atoms with Crippen molar-refractivity contribution in [3.8, 4) is 0 Å². The van der Waals surface area contributed by atoms with Crippen LogP contribution in [0.3, 0.4) is 0 Å². The van der Waals surface area contributed by atoms with Gasteiger partial charge in [-0.2, -0.15) is 0 Å². The minimum absolute atomic E-state index is 0.0843. The number of pyridine rings is 1. The van der Waals surface area contributed by atoms with Gasteiger partial charge >= 0.3 is 5.97 Å². The van der Waals surface area contributed by atoms with E-state index in [0.717, 1.165) is 38.2 Å². The molecule has 0 amide bonds. The molecule has 2 rings (SSSR count). The molecule has 0 spiro atoms. The fraction of sp³-hybridized carbons (Fsp3) is 0.538. The summed E-state index contributed by atoms with van der Waals surface area (Å²) in [6.45, 7) is 2.53. The second-order valence-electron chi connectivity index (χ2n) is 4.50. The quantitative estimate of drug-likeness (QED) is 0.849. The van der Waals surface area contributed by atoms with Gasteiger partial charge in [-0.05, 0) is 25.0 Å². The SMILES string of the molecule is O=C(O)COC1CCN(Cc2ccccn2)CC1. The van der Waals surface area contributed by atoms with Crippen molar-refractivity contribution in [2.45, 2.75) is 25.5 Å². The number of aliphatic carboxylic acids is 1. The van der Waals surface area contributed by atoms with Gasteiger partial charge in [0.05, 0.1) is 11.8 Å². The predicted molar refractivity (Wildman–Crippen MR) is 66.1 cm³/mol. The first-order chi connectivity index (χ1) is 8.74. The molecule has 98 valence electrons. The Hall–Kier alpha value is -1.46. The zero-order valence-electron chi connectivity index (χ0n) is 10.3. The first-order valence-electron chi connectivity index (χ1n) is 6.19. The number of hydrogen-bond acceptors (Lipinski definition) is 4. The Morgan fingerprint density at radius 3 is 2.83 bits per heavy atom. The number of piperidine rings is 1. The molecule has 1 fully saturated rings. The summed E-state index contributed by atoms with van der Waals surface area (Å²) in [6.07, 6.45) is 3.67. The monoisotopic (exact) mass is 250 g/mol. The van der Waals surface area contributed by atoms with Crippen molar-refractivity contribution in [1.29, 1.82) is 0 Å². The number of carboxylic acids is 1. The summed E-state index contributed by atoms with van der Waals surface area (Å²) in [5.41, 5.74) is 1.07. The van der Waals surface area contributed by atoms with Gasteiger partial charge < -0.3 is 9.84 Å². The van der Waals surface area contributed by atoms with Gasteiger partial charge in [0, 0.05) is 25.8 Å². The van der Waals surface area contributed by atoms with Crippen LogP contribution in [-0.4, -0.2) is 46.8 Å². The third-order valence-electron chi connectivity index (χ3n) is 3.09. The lowest BCUT2D eigenvalue weighted by Crippen LogP contribution is -2.37. The fourth-order valence-corrected chi connectivity index (χ4v) is 2.14. The van der Waals surface area contributed by atoms with Crippen molar-refractivity contribution in [2.24, 2.45) is 0 Å². The van der Waals surface area contributed by atoms with E-state index < -0.39 is 5.97 Å². The molecule has 1 N–H and O–H groups in total. The van der Waals surface area contributed by atoms with Gasteiger partial charge in [0.1, 0.15) is 6.61 Å². The van der Waals surface area contributed by atoms with Crippen LogP contribution in [0.2, 0.25) is 0 Å². The Kier molecular flexibility index (Phi) is 4.66. The minimum atomic E-state index is -0.897. The van der Waals surface area contributed by atoms with Crippen molar-refractivity contribution in [3.05, 3.63) is 30.1 Å².